The fourth-order valence-electron chi connectivity index (χ4n) is 3.13. The van der Waals surface area contributed by atoms with Gasteiger partial charge in [-0.2, -0.15) is 0 Å². The van der Waals surface area contributed by atoms with E-state index in [9.17, 15) is 14.0 Å². The van der Waals surface area contributed by atoms with E-state index in [1.165, 1.54) is 29.3 Å². The maximum absolute atomic E-state index is 13.4. The first-order valence-corrected chi connectivity index (χ1v) is 9.52. The molecular formula is C22H16ClFN4O2. The fourth-order valence-corrected chi connectivity index (χ4v) is 3.32. The summed E-state index contributed by atoms with van der Waals surface area (Å²) >= 11 is 6.08. The summed E-state index contributed by atoms with van der Waals surface area (Å²) in [5.41, 5.74) is 2.03. The van der Waals surface area contributed by atoms with Crippen LogP contribution in [0.1, 0.15) is 12.0 Å². The van der Waals surface area contributed by atoms with Crippen molar-refractivity contribution < 1.29 is 14.0 Å². The number of halogens is 2. The van der Waals surface area contributed by atoms with Gasteiger partial charge in [0.15, 0.2) is 5.82 Å². The summed E-state index contributed by atoms with van der Waals surface area (Å²) in [6.07, 6.45) is 1.51. The highest BCUT2D eigenvalue weighted by Crippen LogP contribution is 2.31. The molecule has 150 valence electrons. The van der Waals surface area contributed by atoms with Crippen molar-refractivity contribution in [2.45, 2.75) is 6.42 Å². The third kappa shape index (κ3) is 4.36. The van der Waals surface area contributed by atoms with Crippen LogP contribution in [0.4, 0.5) is 21.6 Å². The van der Waals surface area contributed by atoms with Gasteiger partial charge in [0.1, 0.15) is 18.0 Å². The summed E-state index contributed by atoms with van der Waals surface area (Å²) in [6.45, 7) is -0.280. The number of aromatic nitrogens is 1. The number of amides is 2. The normalized spacial score (nSPS) is 13.3. The van der Waals surface area contributed by atoms with Gasteiger partial charge < -0.3 is 5.32 Å². The van der Waals surface area contributed by atoms with Crippen LogP contribution >= 0.6 is 11.6 Å². The first-order valence-electron chi connectivity index (χ1n) is 9.14. The second kappa shape index (κ2) is 8.42. The molecule has 1 aliphatic heterocycles. The van der Waals surface area contributed by atoms with E-state index >= 15 is 0 Å². The molecule has 0 atom stereocenters. The summed E-state index contributed by atoms with van der Waals surface area (Å²) in [5.74, 6) is -0.989. The second-order valence-electron chi connectivity index (χ2n) is 6.63. The number of aliphatic imine (C=N–C) groups is 1. The highest BCUT2D eigenvalue weighted by molar-refractivity contribution is 6.31. The van der Waals surface area contributed by atoms with E-state index in [1.807, 2.05) is 6.07 Å². The number of benzene rings is 2. The third-order valence-electron chi connectivity index (χ3n) is 4.46. The molecule has 0 saturated heterocycles. The number of pyridine rings is 1. The molecule has 0 saturated carbocycles. The molecule has 8 heteroatoms. The lowest BCUT2D eigenvalue weighted by molar-refractivity contribution is -0.120. The molecule has 30 heavy (non-hydrogen) atoms. The molecule has 1 N–H and O–H groups in total. The minimum Gasteiger partial charge on any atom is -0.324 e. The number of nitrogens with zero attached hydrogens (tertiary/aromatic N) is 3. The molecule has 0 radical (unpaired) electrons. The van der Waals surface area contributed by atoms with Crippen LogP contribution in [-0.2, 0) is 9.59 Å². The van der Waals surface area contributed by atoms with Crippen molar-refractivity contribution >= 4 is 46.3 Å². The Kier molecular flexibility index (Phi) is 5.54. The zero-order chi connectivity index (χ0) is 21.1. The number of nitrogens with one attached hydrogen (secondary N) is 1. The van der Waals surface area contributed by atoms with E-state index in [0.717, 1.165) is 5.56 Å². The van der Waals surface area contributed by atoms with Gasteiger partial charge in [0.2, 0.25) is 11.8 Å². The van der Waals surface area contributed by atoms with Crippen molar-refractivity contribution in [2.24, 2.45) is 4.99 Å². The summed E-state index contributed by atoms with van der Waals surface area (Å²) in [4.78, 5) is 35.7. The molecule has 2 aromatic carbocycles. The molecule has 4 rings (SSSR count). The number of carbonyl (C=O) groups excluding carboxylic acids is 2. The maximum atomic E-state index is 13.4. The van der Waals surface area contributed by atoms with Crippen molar-refractivity contribution in [1.29, 1.82) is 0 Å². The monoisotopic (exact) mass is 422 g/mol. The first kappa shape index (κ1) is 19.7. The summed E-state index contributed by atoms with van der Waals surface area (Å²) < 4.78 is 13.4. The zero-order valence-corrected chi connectivity index (χ0v) is 16.4. The molecule has 0 fully saturated rings. The summed E-state index contributed by atoms with van der Waals surface area (Å²) in [6, 6.07) is 16.0. The van der Waals surface area contributed by atoms with Crippen LogP contribution in [0, 0.1) is 5.82 Å². The predicted molar refractivity (Wildman–Crippen MR) is 114 cm³/mol. The Morgan fingerprint density at radius 1 is 1.13 bits per heavy atom. The van der Waals surface area contributed by atoms with Crippen molar-refractivity contribution in [1.82, 2.24) is 4.98 Å². The highest BCUT2D eigenvalue weighted by atomic mass is 35.5. The van der Waals surface area contributed by atoms with E-state index in [1.54, 1.807) is 36.4 Å². The van der Waals surface area contributed by atoms with Crippen LogP contribution < -0.4 is 10.2 Å². The number of fused-ring (bicyclic) bond motifs is 1. The molecule has 6 nitrogen and oxygen atoms in total. The highest BCUT2D eigenvalue weighted by Gasteiger charge is 2.27. The quantitative estimate of drug-likeness (QED) is 0.678. The van der Waals surface area contributed by atoms with Gasteiger partial charge in [-0.1, -0.05) is 29.8 Å². The molecule has 0 bridgehead atoms. The Labute approximate surface area is 177 Å². The van der Waals surface area contributed by atoms with Crippen molar-refractivity contribution in [2.75, 3.05) is 16.8 Å². The Morgan fingerprint density at radius 2 is 1.97 bits per heavy atom. The first-order chi connectivity index (χ1) is 14.5. The van der Waals surface area contributed by atoms with Gasteiger partial charge in [-0.3, -0.25) is 14.5 Å². The molecule has 2 amide bonds. The van der Waals surface area contributed by atoms with E-state index in [4.69, 9.17) is 11.6 Å². The van der Waals surface area contributed by atoms with Crippen LogP contribution in [0.2, 0.25) is 5.02 Å². The Bertz CT molecular complexity index is 1170. The molecular weight excluding hydrogens is 407 g/mol. The average molecular weight is 423 g/mol. The van der Waals surface area contributed by atoms with E-state index in [-0.39, 0.29) is 24.7 Å². The Balaban J connectivity index is 1.62. The topological polar surface area (TPSA) is 74.7 Å². The fraction of sp³-hybridized carbons (Fsp3) is 0.0909. The molecule has 3 aromatic rings. The van der Waals surface area contributed by atoms with Crippen molar-refractivity contribution in [3.8, 4) is 0 Å². The average Bonchev–Trinajstić information content (AvgIpc) is 2.85. The largest absolute Gasteiger partial charge is 0.324 e. The van der Waals surface area contributed by atoms with E-state index < -0.39 is 11.7 Å². The minimum absolute atomic E-state index is 0.0239. The van der Waals surface area contributed by atoms with E-state index in [2.05, 4.69) is 15.3 Å². The lowest BCUT2D eigenvalue weighted by atomic mass is 10.1. The Morgan fingerprint density at radius 3 is 2.77 bits per heavy atom. The van der Waals surface area contributed by atoms with Crippen LogP contribution in [0.25, 0.3) is 0 Å². The molecule has 0 spiro atoms. The van der Waals surface area contributed by atoms with Crippen molar-refractivity contribution in [3.05, 3.63) is 83.3 Å². The van der Waals surface area contributed by atoms with Crippen LogP contribution in [0.15, 0.2) is 71.9 Å². The number of rotatable bonds is 4. The van der Waals surface area contributed by atoms with Gasteiger partial charge in [0.25, 0.3) is 0 Å². The van der Waals surface area contributed by atoms with Gasteiger partial charge in [-0.05, 0) is 48.0 Å². The third-order valence-corrected chi connectivity index (χ3v) is 4.70. The lowest BCUT2D eigenvalue weighted by Crippen LogP contribution is -2.39. The summed E-state index contributed by atoms with van der Waals surface area (Å²) in [7, 11) is 0. The number of hydrogen-bond donors (Lipinski definition) is 1. The van der Waals surface area contributed by atoms with Crippen LogP contribution in [0.3, 0.4) is 0 Å². The maximum Gasteiger partial charge on any atom is 0.244 e. The molecule has 2 heterocycles. The number of carbonyl (C=O) groups is 2. The molecule has 0 unspecified atom stereocenters. The SMILES string of the molecule is O=C(CN1C(=O)CC(c2cccc(Cl)c2)=Nc2cccnc21)Nc1cccc(F)c1. The van der Waals surface area contributed by atoms with Gasteiger partial charge in [0.05, 0.1) is 12.1 Å². The number of hydrogen-bond acceptors (Lipinski definition) is 4. The summed E-state index contributed by atoms with van der Waals surface area (Å²) in [5, 5.41) is 3.13. The van der Waals surface area contributed by atoms with E-state index in [0.29, 0.717) is 22.1 Å². The lowest BCUT2D eigenvalue weighted by Gasteiger charge is -2.20. The van der Waals surface area contributed by atoms with Gasteiger partial charge in [-0.25, -0.2) is 14.4 Å². The van der Waals surface area contributed by atoms with Crippen LogP contribution in [-0.4, -0.2) is 29.1 Å². The standard InChI is InChI=1S/C22H16ClFN4O2/c23-15-5-1-4-14(10-15)19-12-21(30)28(22-18(27-19)8-3-9-25-22)13-20(29)26-17-7-2-6-16(24)11-17/h1-11H,12-13H2,(H,26,29). The zero-order valence-electron chi connectivity index (χ0n) is 15.7. The minimum atomic E-state index is -0.475. The van der Waals surface area contributed by atoms with Crippen LogP contribution in [0.5, 0.6) is 0 Å². The van der Waals surface area contributed by atoms with Gasteiger partial charge in [0, 0.05) is 16.9 Å². The van der Waals surface area contributed by atoms with Gasteiger partial charge in [-0.15, -0.1) is 0 Å². The van der Waals surface area contributed by atoms with Crippen molar-refractivity contribution in [3.63, 3.8) is 0 Å². The Hall–Kier alpha value is -3.58. The molecule has 1 aliphatic rings. The number of anilines is 2. The molecule has 1 aromatic heterocycles. The van der Waals surface area contributed by atoms with Gasteiger partial charge >= 0.3 is 0 Å². The molecule has 0 aliphatic carbocycles. The predicted octanol–water partition coefficient (Wildman–Crippen LogP) is 4.37. The second-order valence-corrected chi connectivity index (χ2v) is 7.07. The smallest absolute Gasteiger partial charge is 0.244 e.